The van der Waals surface area contributed by atoms with E-state index in [1.807, 2.05) is 20.8 Å². The van der Waals surface area contributed by atoms with Crippen LogP contribution in [0, 0.1) is 5.82 Å². The van der Waals surface area contributed by atoms with Gasteiger partial charge in [0, 0.05) is 24.7 Å². The molecule has 2 aliphatic heterocycles. The van der Waals surface area contributed by atoms with Gasteiger partial charge in [0.15, 0.2) is 11.6 Å². The Hall–Kier alpha value is -2.87. The molecule has 0 spiro atoms. The first-order valence-electron chi connectivity index (χ1n) is 9.35. The van der Waals surface area contributed by atoms with Crippen molar-refractivity contribution >= 4 is 28.7 Å². The fourth-order valence-electron chi connectivity index (χ4n) is 3.46. The van der Waals surface area contributed by atoms with Crippen molar-refractivity contribution in [1.82, 2.24) is 9.97 Å². The number of benzene rings is 1. The molecule has 1 saturated heterocycles. The molecule has 1 aromatic heterocycles. The summed E-state index contributed by atoms with van der Waals surface area (Å²) in [5.74, 6) is 0.118. The molecule has 0 aliphatic carbocycles. The van der Waals surface area contributed by atoms with Gasteiger partial charge < -0.3 is 24.7 Å². The number of fused-ring (bicyclic) bond motifs is 1. The highest BCUT2D eigenvalue weighted by molar-refractivity contribution is 6.36. The Bertz CT molecular complexity index is 945. The van der Waals surface area contributed by atoms with Crippen LogP contribution in [0.2, 0.25) is 0 Å². The Morgan fingerprint density at radius 2 is 2.07 bits per heavy atom. The third-order valence-corrected chi connectivity index (χ3v) is 4.83. The molecule has 8 heteroatoms. The normalized spacial score (nSPS) is 18.3. The van der Waals surface area contributed by atoms with Crippen molar-refractivity contribution in [2.75, 3.05) is 36.5 Å². The summed E-state index contributed by atoms with van der Waals surface area (Å²) in [5, 5.41) is 2.74. The number of hydrogen-bond donors (Lipinski definition) is 2. The van der Waals surface area contributed by atoms with Crippen LogP contribution in [0.25, 0.3) is 11.1 Å². The summed E-state index contributed by atoms with van der Waals surface area (Å²) in [6, 6.07) is 2.89. The van der Waals surface area contributed by atoms with Crippen LogP contribution >= 0.6 is 0 Å². The lowest BCUT2D eigenvalue weighted by atomic mass is 10.00. The first-order chi connectivity index (χ1) is 13.4. The number of carbonyl (C=O) groups is 1. The highest BCUT2D eigenvalue weighted by Crippen LogP contribution is 2.40. The average Bonchev–Trinajstić information content (AvgIpc) is 3.26. The van der Waals surface area contributed by atoms with E-state index in [9.17, 15) is 9.18 Å². The van der Waals surface area contributed by atoms with Gasteiger partial charge in [0.25, 0.3) is 5.91 Å². The Balaban J connectivity index is 1.71. The fourth-order valence-corrected chi connectivity index (χ4v) is 3.46. The minimum absolute atomic E-state index is 0.133. The second kappa shape index (κ2) is 7.27. The molecule has 2 aliphatic rings. The first-order valence-corrected chi connectivity index (χ1v) is 9.35. The van der Waals surface area contributed by atoms with Crippen LogP contribution in [0.4, 0.5) is 16.0 Å². The second-order valence-electron chi connectivity index (χ2n) is 7.17. The van der Waals surface area contributed by atoms with Gasteiger partial charge >= 0.3 is 0 Å². The summed E-state index contributed by atoms with van der Waals surface area (Å²) in [6.45, 7) is 8.37. The summed E-state index contributed by atoms with van der Waals surface area (Å²) in [6.07, 6.45) is 1.54. The van der Waals surface area contributed by atoms with Gasteiger partial charge in [-0.2, -0.15) is 0 Å². The maximum absolute atomic E-state index is 14.3. The van der Waals surface area contributed by atoms with Crippen molar-refractivity contribution in [2.45, 2.75) is 26.9 Å². The number of hydrogen-bond acceptors (Lipinski definition) is 5. The van der Waals surface area contributed by atoms with Gasteiger partial charge in [-0.15, -0.1) is 0 Å². The van der Waals surface area contributed by atoms with E-state index in [1.54, 1.807) is 12.3 Å². The quantitative estimate of drug-likeness (QED) is 0.790. The van der Waals surface area contributed by atoms with Gasteiger partial charge in [0.1, 0.15) is 0 Å². The van der Waals surface area contributed by atoms with E-state index in [0.29, 0.717) is 30.0 Å². The van der Waals surface area contributed by atoms with Crippen molar-refractivity contribution in [3.63, 3.8) is 0 Å². The van der Waals surface area contributed by atoms with Crippen molar-refractivity contribution < 1.29 is 18.7 Å². The number of aromatic amines is 1. The summed E-state index contributed by atoms with van der Waals surface area (Å²) < 4.78 is 25.2. The standard InChI is InChI=1S/C20H23FN4O3/c1-11(2)28-17-8-13-15(9-14(17)21)23-19(26)18(13)12(3)16-10-22-20(24-16)25-4-6-27-7-5-25/h8-11H,4-7H2,1-3H3,(H,22,24)(H,23,26)/b18-12-. The number of imidazole rings is 1. The first kappa shape index (κ1) is 18.5. The Labute approximate surface area is 162 Å². The second-order valence-corrected chi connectivity index (χ2v) is 7.17. The highest BCUT2D eigenvalue weighted by atomic mass is 19.1. The molecule has 1 amide bonds. The number of amides is 1. The summed E-state index contributed by atoms with van der Waals surface area (Å²) in [4.78, 5) is 22.4. The zero-order valence-electron chi connectivity index (χ0n) is 16.1. The molecule has 0 unspecified atom stereocenters. The zero-order chi connectivity index (χ0) is 19.8. The van der Waals surface area contributed by atoms with Crippen LogP contribution in [0.5, 0.6) is 5.75 Å². The molecule has 1 fully saturated rings. The zero-order valence-corrected chi connectivity index (χ0v) is 16.1. The van der Waals surface area contributed by atoms with Gasteiger partial charge in [-0.1, -0.05) is 0 Å². The van der Waals surface area contributed by atoms with Gasteiger partial charge in [0.05, 0.1) is 42.5 Å². The molecule has 148 valence electrons. The lowest BCUT2D eigenvalue weighted by Gasteiger charge is -2.26. The van der Waals surface area contributed by atoms with Crippen LogP contribution in [-0.2, 0) is 9.53 Å². The monoisotopic (exact) mass is 386 g/mol. The number of rotatable bonds is 4. The molecule has 4 rings (SSSR count). The Morgan fingerprint density at radius 3 is 2.79 bits per heavy atom. The topological polar surface area (TPSA) is 79.5 Å². The van der Waals surface area contributed by atoms with Gasteiger partial charge in [-0.3, -0.25) is 4.79 Å². The van der Waals surface area contributed by atoms with E-state index in [0.717, 1.165) is 30.3 Å². The molecule has 2 N–H and O–H groups in total. The molecule has 0 bridgehead atoms. The summed E-state index contributed by atoms with van der Waals surface area (Å²) in [5.41, 5.74) is 3.05. The van der Waals surface area contributed by atoms with Crippen molar-refractivity contribution in [3.05, 3.63) is 35.4 Å². The van der Waals surface area contributed by atoms with Crippen LogP contribution in [0.3, 0.4) is 0 Å². The molecule has 3 heterocycles. The van der Waals surface area contributed by atoms with E-state index >= 15 is 0 Å². The van der Waals surface area contributed by atoms with Gasteiger partial charge in [-0.05, 0) is 32.4 Å². The molecule has 0 atom stereocenters. The van der Waals surface area contributed by atoms with Crippen LogP contribution in [0.1, 0.15) is 32.0 Å². The minimum atomic E-state index is -0.497. The number of morpholine rings is 1. The molecule has 2 aromatic rings. The molecule has 0 saturated carbocycles. The Kier molecular flexibility index (Phi) is 4.80. The van der Waals surface area contributed by atoms with Crippen LogP contribution < -0.4 is 15.0 Å². The van der Waals surface area contributed by atoms with Crippen molar-refractivity contribution in [2.24, 2.45) is 0 Å². The summed E-state index contributed by atoms with van der Waals surface area (Å²) in [7, 11) is 0. The lowest BCUT2D eigenvalue weighted by Crippen LogP contribution is -2.36. The number of anilines is 2. The predicted octanol–water partition coefficient (Wildman–Crippen LogP) is 3.06. The maximum atomic E-state index is 14.3. The number of aromatic nitrogens is 2. The highest BCUT2D eigenvalue weighted by Gasteiger charge is 2.29. The summed E-state index contributed by atoms with van der Waals surface area (Å²) >= 11 is 0. The molecule has 7 nitrogen and oxygen atoms in total. The van der Waals surface area contributed by atoms with Crippen molar-refractivity contribution in [1.29, 1.82) is 0 Å². The molecule has 0 radical (unpaired) electrons. The van der Waals surface area contributed by atoms with E-state index in [1.165, 1.54) is 6.07 Å². The maximum Gasteiger partial charge on any atom is 0.256 e. The molecular formula is C20H23FN4O3. The minimum Gasteiger partial charge on any atom is -0.488 e. The lowest BCUT2D eigenvalue weighted by molar-refractivity contribution is -0.110. The number of nitrogens with zero attached hydrogens (tertiary/aromatic N) is 2. The largest absolute Gasteiger partial charge is 0.488 e. The fraction of sp³-hybridized carbons (Fsp3) is 0.400. The van der Waals surface area contributed by atoms with E-state index in [-0.39, 0.29) is 17.8 Å². The van der Waals surface area contributed by atoms with Gasteiger partial charge in [-0.25, -0.2) is 9.37 Å². The predicted molar refractivity (Wildman–Crippen MR) is 105 cm³/mol. The Morgan fingerprint density at radius 1 is 1.32 bits per heavy atom. The smallest absolute Gasteiger partial charge is 0.256 e. The van der Waals surface area contributed by atoms with Crippen LogP contribution in [0.15, 0.2) is 18.3 Å². The van der Waals surface area contributed by atoms with Crippen molar-refractivity contribution in [3.8, 4) is 5.75 Å². The third-order valence-electron chi connectivity index (χ3n) is 4.83. The van der Waals surface area contributed by atoms with Gasteiger partial charge in [0.2, 0.25) is 5.95 Å². The molecule has 1 aromatic carbocycles. The van der Waals surface area contributed by atoms with E-state index in [4.69, 9.17) is 9.47 Å². The SMILES string of the molecule is C/C(=C1/C(=O)Nc2cc(F)c(OC(C)C)cc21)c1cnc(N2CCOCC2)[nH]1. The third kappa shape index (κ3) is 3.35. The average molecular weight is 386 g/mol. The van der Waals surface area contributed by atoms with Crippen LogP contribution in [-0.4, -0.2) is 48.3 Å². The number of halogens is 1. The number of ether oxygens (including phenoxy) is 2. The number of H-pyrrole nitrogens is 1. The molecule has 28 heavy (non-hydrogen) atoms. The van der Waals surface area contributed by atoms with E-state index in [2.05, 4.69) is 20.2 Å². The molecular weight excluding hydrogens is 363 g/mol. The number of allylic oxidation sites excluding steroid dienone is 1. The number of carbonyl (C=O) groups excluding carboxylic acids is 1. The van der Waals surface area contributed by atoms with E-state index < -0.39 is 5.82 Å². The number of nitrogens with one attached hydrogen (secondary N) is 2.